The highest BCUT2D eigenvalue weighted by Crippen LogP contribution is 2.26. The largest absolute Gasteiger partial charge is 0.459 e. The smallest absolute Gasteiger partial charge is 0.433 e. The van der Waals surface area contributed by atoms with Gasteiger partial charge in [-0.05, 0) is 24.5 Å². The van der Waals surface area contributed by atoms with Crippen LogP contribution in [0.1, 0.15) is 29.0 Å². The first kappa shape index (κ1) is 21.3. The van der Waals surface area contributed by atoms with Crippen LogP contribution < -0.4 is 0 Å². The number of esters is 1. The van der Waals surface area contributed by atoms with E-state index >= 15 is 0 Å². The van der Waals surface area contributed by atoms with Gasteiger partial charge in [0.25, 0.3) is 5.91 Å². The Labute approximate surface area is 182 Å². The van der Waals surface area contributed by atoms with Gasteiger partial charge in [0.15, 0.2) is 11.8 Å². The molecule has 1 aromatic carbocycles. The molecule has 0 bridgehead atoms. The number of hydrogen-bond donors (Lipinski definition) is 0. The minimum Gasteiger partial charge on any atom is -0.459 e. The lowest BCUT2D eigenvalue weighted by atomic mass is 10.0. The maximum absolute atomic E-state index is 12.6. The highest BCUT2D eigenvalue weighted by molar-refractivity contribution is 5.92. The van der Waals surface area contributed by atoms with Crippen LogP contribution in [0.2, 0.25) is 0 Å². The Morgan fingerprint density at radius 3 is 2.50 bits per heavy atom. The molecule has 2 aromatic rings. The molecule has 1 unspecified atom stereocenters. The van der Waals surface area contributed by atoms with Gasteiger partial charge in [-0.25, -0.2) is 9.59 Å². The van der Waals surface area contributed by atoms with E-state index in [0.29, 0.717) is 25.9 Å². The van der Waals surface area contributed by atoms with Crippen molar-refractivity contribution in [1.82, 2.24) is 9.80 Å². The Morgan fingerprint density at radius 2 is 1.84 bits per heavy atom. The van der Waals surface area contributed by atoms with E-state index in [-0.39, 0.29) is 25.0 Å². The summed E-state index contributed by atoms with van der Waals surface area (Å²) in [5.41, 5.74) is 0.836. The predicted octanol–water partition coefficient (Wildman–Crippen LogP) is 2.36. The van der Waals surface area contributed by atoms with Crippen molar-refractivity contribution in [3.63, 3.8) is 0 Å². The first-order valence-corrected chi connectivity index (χ1v) is 10.1. The minimum absolute atomic E-state index is 0.0817. The van der Waals surface area contributed by atoms with Crippen LogP contribution in [0.3, 0.4) is 0 Å². The molecule has 2 saturated heterocycles. The normalized spacial score (nSPS) is 19.0. The molecule has 0 radical (unpaired) electrons. The molecule has 1 atom stereocenters. The van der Waals surface area contributed by atoms with Crippen molar-refractivity contribution in [3.05, 3.63) is 63.9 Å². The van der Waals surface area contributed by atoms with Crippen molar-refractivity contribution in [3.8, 4) is 0 Å². The van der Waals surface area contributed by atoms with E-state index in [1.54, 1.807) is 0 Å². The SMILES string of the molecule is O=C(OCc1ccccc1)C1COC(=O)N1C1CCN(C(=O)c2ccc([N+](=O)[O-])o2)CC1. The molecule has 11 heteroatoms. The molecule has 4 rings (SSSR count). The van der Waals surface area contributed by atoms with Gasteiger partial charge < -0.3 is 18.8 Å². The second kappa shape index (κ2) is 9.08. The van der Waals surface area contributed by atoms with E-state index in [4.69, 9.17) is 13.9 Å². The molecule has 2 aliphatic heterocycles. The number of piperidine rings is 1. The monoisotopic (exact) mass is 443 g/mol. The van der Waals surface area contributed by atoms with Crippen LogP contribution in [-0.2, 0) is 20.9 Å². The first-order valence-electron chi connectivity index (χ1n) is 10.1. The molecule has 0 aliphatic carbocycles. The summed E-state index contributed by atoms with van der Waals surface area (Å²) in [5.74, 6) is -1.61. The van der Waals surface area contributed by atoms with Crippen LogP contribution in [0.25, 0.3) is 0 Å². The molecule has 1 aromatic heterocycles. The zero-order valence-electron chi connectivity index (χ0n) is 17.0. The first-order chi connectivity index (χ1) is 15.4. The third kappa shape index (κ3) is 4.41. The average Bonchev–Trinajstić information content (AvgIpc) is 3.45. The number of nitrogens with zero attached hydrogens (tertiary/aromatic N) is 3. The van der Waals surface area contributed by atoms with E-state index in [1.807, 2.05) is 30.3 Å². The van der Waals surface area contributed by atoms with Gasteiger partial charge in [-0.1, -0.05) is 30.3 Å². The van der Waals surface area contributed by atoms with Crippen LogP contribution in [0.4, 0.5) is 10.7 Å². The van der Waals surface area contributed by atoms with Gasteiger partial charge in [0, 0.05) is 19.1 Å². The van der Waals surface area contributed by atoms with Crippen molar-refractivity contribution in [1.29, 1.82) is 0 Å². The summed E-state index contributed by atoms with van der Waals surface area (Å²) in [5, 5.41) is 10.7. The molecule has 0 N–H and O–H groups in total. The number of amides is 2. The van der Waals surface area contributed by atoms with Crippen molar-refractivity contribution < 1.29 is 33.2 Å². The summed E-state index contributed by atoms with van der Waals surface area (Å²) in [7, 11) is 0. The second-order valence-electron chi connectivity index (χ2n) is 7.51. The second-order valence-corrected chi connectivity index (χ2v) is 7.51. The van der Waals surface area contributed by atoms with Crippen molar-refractivity contribution in [2.45, 2.75) is 31.5 Å². The molecule has 11 nitrogen and oxygen atoms in total. The predicted molar refractivity (Wildman–Crippen MR) is 108 cm³/mol. The van der Waals surface area contributed by atoms with Gasteiger partial charge in [-0.3, -0.25) is 19.8 Å². The lowest BCUT2D eigenvalue weighted by Crippen LogP contribution is -2.52. The van der Waals surface area contributed by atoms with Gasteiger partial charge >= 0.3 is 17.9 Å². The molecule has 3 heterocycles. The van der Waals surface area contributed by atoms with Crippen molar-refractivity contribution in [2.75, 3.05) is 19.7 Å². The van der Waals surface area contributed by atoms with Gasteiger partial charge in [0.1, 0.15) is 18.1 Å². The summed E-state index contributed by atoms with van der Waals surface area (Å²) < 4.78 is 15.5. The Kier molecular flexibility index (Phi) is 6.06. The average molecular weight is 443 g/mol. The lowest BCUT2D eigenvalue weighted by molar-refractivity contribution is -0.402. The number of rotatable bonds is 6. The van der Waals surface area contributed by atoms with E-state index in [2.05, 4.69) is 0 Å². The molecule has 0 saturated carbocycles. The number of hydrogen-bond acceptors (Lipinski definition) is 8. The fraction of sp³-hybridized carbons (Fsp3) is 0.381. The van der Waals surface area contributed by atoms with Crippen molar-refractivity contribution in [2.24, 2.45) is 0 Å². The highest BCUT2D eigenvalue weighted by atomic mass is 16.6. The third-order valence-corrected chi connectivity index (χ3v) is 5.53. The van der Waals surface area contributed by atoms with E-state index in [0.717, 1.165) is 11.6 Å². The summed E-state index contributed by atoms with van der Waals surface area (Å²) in [6.45, 7) is 0.614. The lowest BCUT2D eigenvalue weighted by Gasteiger charge is -2.36. The number of furan rings is 1. The molecular weight excluding hydrogens is 422 g/mol. The van der Waals surface area contributed by atoms with Gasteiger partial charge in [-0.2, -0.15) is 0 Å². The Balaban J connectivity index is 1.34. The van der Waals surface area contributed by atoms with Crippen LogP contribution in [0.15, 0.2) is 46.9 Å². The van der Waals surface area contributed by atoms with E-state index in [1.165, 1.54) is 15.9 Å². The quantitative estimate of drug-likeness (QED) is 0.377. The Bertz CT molecular complexity index is 1010. The minimum atomic E-state index is -0.841. The maximum Gasteiger partial charge on any atom is 0.433 e. The Hall–Kier alpha value is -3.89. The van der Waals surface area contributed by atoms with E-state index in [9.17, 15) is 24.5 Å². The number of carbonyl (C=O) groups is 3. The molecule has 2 amide bonds. The standard InChI is InChI=1S/C21H21N3O8/c25-19(17-6-7-18(32-17)24(28)29)22-10-8-15(9-11-22)23-16(13-31-21(23)27)20(26)30-12-14-4-2-1-3-5-14/h1-7,15-16H,8-13H2. The number of benzene rings is 1. The molecule has 32 heavy (non-hydrogen) atoms. The zero-order valence-corrected chi connectivity index (χ0v) is 17.0. The number of carbonyl (C=O) groups excluding carboxylic acids is 3. The topological polar surface area (TPSA) is 132 Å². The number of cyclic esters (lactones) is 1. The summed E-state index contributed by atoms with van der Waals surface area (Å²) in [6.07, 6.45) is 0.260. The molecule has 0 spiro atoms. The molecule has 2 aliphatic rings. The summed E-state index contributed by atoms with van der Waals surface area (Å²) >= 11 is 0. The number of ether oxygens (including phenoxy) is 2. The van der Waals surface area contributed by atoms with Crippen LogP contribution in [-0.4, -0.2) is 64.5 Å². The summed E-state index contributed by atoms with van der Waals surface area (Å²) in [6, 6.07) is 10.5. The fourth-order valence-corrected chi connectivity index (χ4v) is 3.89. The van der Waals surface area contributed by atoms with Crippen LogP contribution >= 0.6 is 0 Å². The Morgan fingerprint density at radius 1 is 1.12 bits per heavy atom. The summed E-state index contributed by atoms with van der Waals surface area (Å²) in [4.78, 5) is 50.4. The molecular formula is C21H21N3O8. The fourth-order valence-electron chi connectivity index (χ4n) is 3.89. The van der Waals surface area contributed by atoms with Crippen LogP contribution in [0, 0.1) is 10.1 Å². The van der Waals surface area contributed by atoms with Gasteiger partial charge in [0.2, 0.25) is 0 Å². The van der Waals surface area contributed by atoms with Crippen molar-refractivity contribution >= 4 is 23.9 Å². The third-order valence-electron chi connectivity index (χ3n) is 5.53. The van der Waals surface area contributed by atoms with Gasteiger partial charge in [-0.15, -0.1) is 0 Å². The number of nitro groups is 1. The van der Waals surface area contributed by atoms with E-state index < -0.39 is 34.8 Å². The zero-order chi connectivity index (χ0) is 22.7. The molecule has 168 valence electrons. The number of likely N-dealkylation sites (tertiary alicyclic amines) is 1. The van der Waals surface area contributed by atoms with Crippen LogP contribution in [0.5, 0.6) is 0 Å². The maximum atomic E-state index is 12.6. The molecule has 2 fully saturated rings. The highest BCUT2D eigenvalue weighted by Gasteiger charge is 2.44. The van der Waals surface area contributed by atoms with Gasteiger partial charge in [0.05, 0.1) is 6.07 Å².